The summed E-state index contributed by atoms with van der Waals surface area (Å²) in [5.41, 5.74) is 6.98. The van der Waals surface area contributed by atoms with E-state index in [-0.39, 0.29) is 18.4 Å². The first-order valence-electron chi connectivity index (χ1n) is 6.78. The van der Waals surface area contributed by atoms with Crippen LogP contribution in [0, 0.1) is 0 Å². The third-order valence-electron chi connectivity index (χ3n) is 3.14. The number of carbonyl (C=O) groups is 1. The van der Waals surface area contributed by atoms with Gasteiger partial charge in [-0.2, -0.15) is 0 Å². The van der Waals surface area contributed by atoms with Crippen molar-refractivity contribution in [2.45, 2.75) is 45.1 Å². The van der Waals surface area contributed by atoms with Crippen LogP contribution in [-0.2, 0) is 4.79 Å². The van der Waals surface area contributed by atoms with Gasteiger partial charge in [-0.3, -0.25) is 4.79 Å². The number of aliphatic carboxylic acids is 1. The summed E-state index contributed by atoms with van der Waals surface area (Å²) in [6, 6.07) is 7.43. The molecule has 19 heavy (non-hydrogen) atoms. The van der Waals surface area contributed by atoms with Gasteiger partial charge in [0.1, 0.15) is 5.75 Å². The van der Waals surface area contributed by atoms with Crippen molar-refractivity contribution in [2.24, 2.45) is 5.73 Å². The Bertz CT molecular complexity index is 406. The fourth-order valence-electron chi connectivity index (χ4n) is 2.04. The minimum atomic E-state index is -0.825. The van der Waals surface area contributed by atoms with Crippen molar-refractivity contribution in [1.29, 1.82) is 0 Å². The monoisotopic (exact) mass is 265 g/mol. The van der Waals surface area contributed by atoms with Crippen LogP contribution in [0.5, 0.6) is 5.75 Å². The Morgan fingerprint density at radius 3 is 2.74 bits per heavy atom. The van der Waals surface area contributed by atoms with E-state index in [9.17, 15) is 4.79 Å². The Balaban J connectivity index is 2.91. The highest BCUT2D eigenvalue weighted by Crippen LogP contribution is 2.27. The van der Waals surface area contributed by atoms with Crippen molar-refractivity contribution >= 4 is 5.97 Å². The van der Waals surface area contributed by atoms with Gasteiger partial charge in [0, 0.05) is 12.0 Å². The predicted octanol–water partition coefficient (Wildman–Crippen LogP) is 2.77. The van der Waals surface area contributed by atoms with E-state index in [0.29, 0.717) is 6.61 Å². The van der Waals surface area contributed by atoms with Crippen LogP contribution in [0.2, 0.25) is 0 Å². The molecular weight excluding hydrogens is 242 g/mol. The molecule has 3 N–H and O–H groups in total. The highest BCUT2D eigenvalue weighted by molar-refractivity contribution is 5.68. The number of nitrogens with two attached hydrogens (primary N) is 1. The maximum atomic E-state index is 11.0. The van der Waals surface area contributed by atoms with Crippen LogP contribution in [0.25, 0.3) is 0 Å². The first kappa shape index (κ1) is 15.5. The van der Waals surface area contributed by atoms with Gasteiger partial charge in [-0.1, -0.05) is 26.0 Å². The molecule has 0 fully saturated rings. The zero-order valence-corrected chi connectivity index (χ0v) is 11.6. The lowest BCUT2D eigenvalue weighted by Crippen LogP contribution is -2.29. The van der Waals surface area contributed by atoms with E-state index in [1.807, 2.05) is 38.1 Å². The first-order valence-corrected chi connectivity index (χ1v) is 6.78. The van der Waals surface area contributed by atoms with Crippen LogP contribution in [0.1, 0.15) is 44.6 Å². The van der Waals surface area contributed by atoms with Crippen LogP contribution in [0.4, 0.5) is 0 Å². The van der Waals surface area contributed by atoms with E-state index in [0.717, 1.165) is 24.2 Å². The maximum absolute atomic E-state index is 11.0. The van der Waals surface area contributed by atoms with Gasteiger partial charge in [-0.15, -0.1) is 0 Å². The van der Waals surface area contributed by atoms with Gasteiger partial charge in [0.15, 0.2) is 0 Å². The highest BCUT2D eigenvalue weighted by atomic mass is 16.5. The summed E-state index contributed by atoms with van der Waals surface area (Å²) in [6.07, 6.45) is 1.74. The second-order valence-electron chi connectivity index (χ2n) is 4.70. The third kappa shape index (κ3) is 4.91. The topological polar surface area (TPSA) is 72.5 Å². The minimum Gasteiger partial charge on any atom is -0.494 e. The summed E-state index contributed by atoms with van der Waals surface area (Å²) in [5, 5.41) is 9.01. The standard InChI is InChI=1S/C15H23NO3/c1-3-8-19-12-7-5-6-11(9-12)13(10-15(17)18)14(16)4-2/h5-7,9,13-14H,3-4,8,10,16H2,1-2H3,(H,17,18). The van der Waals surface area contributed by atoms with Crippen molar-refractivity contribution in [3.05, 3.63) is 29.8 Å². The second-order valence-corrected chi connectivity index (χ2v) is 4.70. The highest BCUT2D eigenvalue weighted by Gasteiger charge is 2.22. The molecule has 2 atom stereocenters. The van der Waals surface area contributed by atoms with Gasteiger partial charge in [-0.25, -0.2) is 0 Å². The number of rotatable bonds is 8. The Kier molecular flexibility index (Phi) is 6.36. The largest absolute Gasteiger partial charge is 0.494 e. The molecule has 0 bridgehead atoms. The summed E-state index contributed by atoms with van der Waals surface area (Å²) in [4.78, 5) is 11.0. The van der Waals surface area contributed by atoms with Crippen molar-refractivity contribution in [1.82, 2.24) is 0 Å². The molecule has 0 aromatic heterocycles. The number of ether oxygens (including phenoxy) is 1. The van der Waals surface area contributed by atoms with Crippen molar-refractivity contribution < 1.29 is 14.6 Å². The minimum absolute atomic E-state index is 0.0479. The zero-order chi connectivity index (χ0) is 14.3. The molecule has 0 saturated heterocycles. The number of carboxylic acids is 1. The van der Waals surface area contributed by atoms with Gasteiger partial charge in [0.25, 0.3) is 0 Å². The van der Waals surface area contributed by atoms with Crippen LogP contribution in [0.3, 0.4) is 0 Å². The molecule has 0 saturated carbocycles. The Labute approximate surface area is 114 Å². The normalized spacial score (nSPS) is 13.8. The van der Waals surface area contributed by atoms with Gasteiger partial charge in [0.05, 0.1) is 13.0 Å². The Morgan fingerprint density at radius 2 is 2.16 bits per heavy atom. The van der Waals surface area contributed by atoms with E-state index in [2.05, 4.69) is 0 Å². The van der Waals surface area contributed by atoms with Gasteiger partial charge >= 0.3 is 5.97 Å². The molecule has 1 aromatic rings. The molecule has 1 rings (SSSR count). The first-order chi connectivity index (χ1) is 9.08. The molecular formula is C15H23NO3. The zero-order valence-electron chi connectivity index (χ0n) is 11.6. The van der Waals surface area contributed by atoms with Crippen LogP contribution in [0.15, 0.2) is 24.3 Å². The molecule has 0 spiro atoms. The molecule has 1 aromatic carbocycles. The Morgan fingerprint density at radius 1 is 1.42 bits per heavy atom. The second kappa shape index (κ2) is 7.79. The van der Waals surface area contributed by atoms with E-state index >= 15 is 0 Å². The lowest BCUT2D eigenvalue weighted by atomic mass is 9.87. The number of hydrogen-bond acceptors (Lipinski definition) is 3. The van der Waals surface area contributed by atoms with E-state index in [1.165, 1.54) is 0 Å². The Hall–Kier alpha value is -1.55. The SMILES string of the molecule is CCCOc1cccc(C(CC(=O)O)C(N)CC)c1. The number of benzene rings is 1. The fourth-order valence-corrected chi connectivity index (χ4v) is 2.04. The quantitative estimate of drug-likeness (QED) is 0.758. The van der Waals surface area contributed by atoms with Gasteiger partial charge in [-0.05, 0) is 30.5 Å². The average Bonchev–Trinajstić information content (AvgIpc) is 2.41. The van der Waals surface area contributed by atoms with Crippen LogP contribution < -0.4 is 10.5 Å². The lowest BCUT2D eigenvalue weighted by molar-refractivity contribution is -0.137. The lowest BCUT2D eigenvalue weighted by Gasteiger charge is -2.22. The van der Waals surface area contributed by atoms with Crippen LogP contribution in [-0.4, -0.2) is 23.7 Å². The molecule has 0 radical (unpaired) electrons. The molecule has 0 heterocycles. The van der Waals surface area contributed by atoms with Crippen molar-refractivity contribution in [3.63, 3.8) is 0 Å². The average molecular weight is 265 g/mol. The summed E-state index contributed by atoms with van der Waals surface area (Å²) in [6.45, 7) is 4.67. The van der Waals surface area contributed by atoms with Gasteiger partial charge in [0.2, 0.25) is 0 Å². The van der Waals surface area contributed by atoms with Gasteiger partial charge < -0.3 is 15.6 Å². The summed E-state index contributed by atoms with van der Waals surface area (Å²) in [7, 11) is 0. The molecule has 4 nitrogen and oxygen atoms in total. The molecule has 2 unspecified atom stereocenters. The maximum Gasteiger partial charge on any atom is 0.304 e. The van der Waals surface area contributed by atoms with E-state index in [1.54, 1.807) is 0 Å². The smallest absolute Gasteiger partial charge is 0.304 e. The molecule has 4 heteroatoms. The molecule has 0 aliphatic rings. The van der Waals surface area contributed by atoms with Crippen molar-refractivity contribution in [2.75, 3.05) is 6.61 Å². The summed E-state index contributed by atoms with van der Waals surface area (Å²) >= 11 is 0. The molecule has 106 valence electrons. The summed E-state index contributed by atoms with van der Waals surface area (Å²) in [5.74, 6) is -0.223. The fraction of sp³-hybridized carbons (Fsp3) is 0.533. The van der Waals surface area contributed by atoms with Crippen molar-refractivity contribution in [3.8, 4) is 5.75 Å². The number of hydrogen-bond donors (Lipinski definition) is 2. The molecule has 0 aliphatic carbocycles. The van der Waals surface area contributed by atoms with E-state index < -0.39 is 5.97 Å². The molecule has 0 aliphatic heterocycles. The summed E-state index contributed by atoms with van der Waals surface area (Å²) < 4.78 is 5.58. The number of carboxylic acid groups (broad SMARTS) is 1. The third-order valence-corrected chi connectivity index (χ3v) is 3.14. The van der Waals surface area contributed by atoms with E-state index in [4.69, 9.17) is 15.6 Å². The van der Waals surface area contributed by atoms with Crippen LogP contribution >= 0.6 is 0 Å². The molecule has 0 amide bonds. The predicted molar refractivity (Wildman–Crippen MR) is 75.5 cm³/mol.